The summed E-state index contributed by atoms with van der Waals surface area (Å²) in [4.78, 5) is 11.9. The number of ketones is 1. The van der Waals surface area contributed by atoms with Gasteiger partial charge >= 0.3 is 0 Å². The predicted octanol–water partition coefficient (Wildman–Crippen LogP) is 2.89. The van der Waals surface area contributed by atoms with Crippen molar-refractivity contribution in [2.45, 2.75) is 13.8 Å². The number of phenols is 1. The molecule has 0 radical (unpaired) electrons. The standard InChI is InChI=1S/C14H13NO3/c1-9-7-11(3-5-13(9)16)14(17)6-4-12-8-10(2)18-15-12/h3-8,16H,1-2H3. The third-order valence-corrected chi connectivity index (χ3v) is 2.53. The fourth-order valence-electron chi connectivity index (χ4n) is 1.53. The number of phenolic OH excluding ortho intramolecular Hbond substituents is 1. The number of hydrogen-bond donors (Lipinski definition) is 1. The van der Waals surface area contributed by atoms with E-state index >= 15 is 0 Å². The molecular weight excluding hydrogens is 230 g/mol. The quantitative estimate of drug-likeness (QED) is 0.665. The lowest BCUT2D eigenvalue weighted by atomic mass is 10.1. The molecule has 0 aliphatic rings. The van der Waals surface area contributed by atoms with Gasteiger partial charge in [-0.15, -0.1) is 0 Å². The van der Waals surface area contributed by atoms with Crippen LogP contribution in [-0.2, 0) is 0 Å². The molecule has 1 N–H and O–H groups in total. The van der Waals surface area contributed by atoms with Gasteiger partial charge in [0.05, 0.1) is 0 Å². The van der Waals surface area contributed by atoms with E-state index in [1.807, 2.05) is 0 Å². The second-order valence-corrected chi connectivity index (χ2v) is 4.06. The van der Waals surface area contributed by atoms with E-state index < -0.39 is 0 Å². The van der Waals surface area contributed by atoms with E-state index in [1.54, 1.807) is 38.1 Å². The Morgan fingerprint density at radius 2 is 2.11 bits per heavy atom. The number of benzene rings is 1. The molecule has 0 bridgehead atoms. The van der Waals surface area contributed by atoms with Crippen molar-refractivity contribution in [3.63, 3.8) is 0 Å². The van der Waals surface area contributed by atoms with Gasteiger partial charge in [-0.2, -0.15) is 0 Å². The number of allylic oxidation sites excluding steroid dienone is 1. The molecule has 1 aromatic carbocycles. The van der Waals surface area contributed by atoms with E-state index in [4.69, 9.17) is 4.52 Å². The topological polar surface area (TPSA) is 63.3 Å². The SMILES string of the molecule is Cc1cc(C=CC(=O)c2ccc(O)c(C)c2)no1. The van der Waals surface area contributed by atoms with Gasteiger partial charge in [-0.05, 0) is 49.8 Å². The summed E-state index contributed by atoms with van der Waals surface area (Å²) in [5.74, 6) is 0.740. The maximum atomic E-state index is 11.9. The summed E-state index contributed by atoms with van der Waals surface area (Å²) in [5, 5.41) is 13.1. The fourth-order valence-corrected chi connectivity index (χ4v) is 1.53. The molecule has 18 heavy (non-hydrogen) atoms. The van der Waals surface area contributed by atoms with Gasteiger partial charge in [-0.1, -0.05) is 5.16 Å². The first-order valence-electron chi connectivity index (χ1n) is 5.51. The summed E-state index contributed by atoms with van der Waals surface area (Å²) in [7, 11) is 0. The smallest absolute Gasteiger partial charge is 0.185 e. The van der Waals surface area contributed by atoms with Crippen LogP contribution >= 0.6 is 0 Å². The van der Waals surface area contributed by atoms with Crippen molar-refractivity contribution < 1.29 is 14.4 Å². The molecule has 1 heterocycles. The molecule has 0 amide bonds. The minimum atomic E-state index is -0.140. The van der Waals surface area contributed by atoms with Crippen LogP contribution in [0.2, 0.25) is 0 Å². The van der Waals surface area contributed by atoms with Crippen LogP contribution < -0.4 is 0 Å². The highest BCUT2D eigenvalue weighted by molar-refractivity contribution is 6.06. The molecule has 4 nitrogen and oxygen atoms in total. The maximum Gasteiger partial charge on any atom is 0.185 e. The van der Waals surface area contributed by atoms with E-state index in [1.165, 1.54) is 12.1 Å². The first-order chi connectivity index (χ1) is 8.56. The largest absolute Gasteiger partial charge is 0.508 e. The maximum absolute atomic E-state index is 11.9. The molecule has 0 atom stereocenters. The molecule has 0 fully saturated rings. The van der Waals surface area contributed by atoms with E-state index in [-0.39, 0.29) is 11.5 Å². The van der Waals surface area contributed by atoms with Gasteiger partial charge in [0, 0.05) is 11.6 Å². The molecule has 0 aliphatic heterocycles. The Labute approximate surface area is 105 Å². The summed E-state index contributed by atoms with van der Waals surface area (Å²) in [6.07, 6.45) is 3.03. The van der Waals surface area contributed by atoms with Crippen molar-refractivity contribution in [2.24, 2.45) is 0 Å². The van der Waals surface area contributed by atoms with Crippen LogP contribution in [0.25, 0.3) is 6.08 Å². The third-order valence-electron chi connectivity index (χ3n) is 2.53. The Morgan fingerprint density at radius 1 is 1.33 bits per heavy atom. The monoisotopic (exact) mass is 243 g/mol. The Kier molecular flexibility index (Phi) is 3.28. The van der Waals surface area contributed by atoms with Crippen molar-refractivity contribution in [1.29, 1.82) is 0 Å². The zero-order valence-electron chi connectivity index (χ0n) is 10.2. The first-order valence-corrected chi connectivity index (χ1v) is 5.51. The molecule has 0 saturated heterocycles. The number of aromatic nitrogens is 1. The van der Waals surface area contributed by atoms with E-state index in [0.29, 0.717) is 22.6 Å². The normalized spacial score (nSPS) is 11.0. The first kappa shape index (κ1) is 12.1. The zero-order chi connectivity index (χ0) is 13.1. The molecule has 0 spiro atoms. The Bertz CT molecular complexity index is 611. The summed E-state index contributed by atoms with van der Waals surface area (Å²) < 4.78 is 4.89. The van der Waals surface area contributed by atoms with Gasteiger partial charge in [0.25, 0.3) is 0 Å². The van der Waals surface area contributed by atoms with Crippen LogP contribution in [0.15, 0.2) is 34.9 Å². The molecule has 4 heteroatoms. The van der Waals surface area contributed by atoms with Gasteiger partial charge in [0.2, 0.25) is 0 Å². The number of aromatic hydroxyl groups is 1. The van der Waals surface area contributed by atoms with Crippen LogP contribution in [-0.4, -0.2) is 16.0 Å². The number of aryl methyl sites for hydroxylation is 2. The van der Waals surface area contributed by atoms with Gasteiger partial charge in [-0.3, -0.25) is 4.79 Å². The number of carbonyl (C=O) groups is 1. The highest BCUT2D eigenvalue weighted by Crippen LogP contribution is 2.17. The molecule has 2 rings (SSSR count). The lowest BCUT2D eigenvalue weighted by molar-refractivity contribution is 0.104. The highest BCUT2D eigenvalue weighted by Gasteiger charge is 2.04. The summed E-state index contributed by atoms with van der Waals surface area (Å²) in [6.45, 7) is 3.53. The average Bonchev–Trinajstić information content (AvgIpc) is 2.75. The van der Waals surface area contributed by atoms with Gasteiger partial charge < -0.3 is 9.63 Å². The molecule has 1 aromatic heterocycles. The summed E-state index contributed by atoms with van der Waals surface area (Å²) in [5.41, 5.74) is 1.81. The van der Waals surface area contributed by atoms with Crippen LogP contribution in [0.1, 0.15) is 27.4 Å². The highest BCUT2D eigenvalue weighted by atomic mass is 16.5. The van der Waals surface area contributed by atoms with E-state index in [2.05, 4.69) is 5.16 Å². The van der Waals surface area contributed by atoms with E-state index in [0.717, 1.165) is 0 Å². The minimum absolute atomic E-state index is 0.140. The van der Waals surface area contributed by atoms with Gasteiger partial charge in [0.1, 0.15) is 17.2 Å². The lowest BCUT2D eigenvalue weighted by Crippen LogP contribution is -1.94. The molecule has 0 aliphatic carbocycles. The second-order valence-electron chi connectivity index (χ2n) is 4.06. The fraction of sp³-hybridized carbons (Fsp3) is 0.143. The second kappa shape index (κ2) is 4.87. The van der Waals surface area contributed by atoms with Crippen molar-refractivity contribution in [2.75, 3.05) is 0 Å². The van der Waals surface area contributed by atoms with Gasteiger partial charge in [-0.25, -0.2) is 0 Å². The Balaban J connectivity index is 2.16. The van der Waals surface area contributed by atoms with Crippen LogP contribution in [0.4, 0.5) is 0 Å². The Hall–Kier alpha value is -2.36. The molecule has 0 unspecified atom stereocenters. The summed E-state index contributed by atoms with van der Waals surface area (Å²) in [6, 6.07) is 6.49. The summed E-state index contributed by atoms with van der Waals surface area (Å²) >= 11 is 0. The average molecular weight is 243 g/mol. The van der Waals surface area contributed by atoms with Crippen molar-refractivity contribution in [1.82, 2.24) is 5.16 Å². The number of carbonyl (C=O) groups excluding carboxylic acids is 1. The van der Waals surface area contributed by atoms with Crippen LogP contribution in [0, 0.1) is 13.8 Å². The molecule has 2 aromatic rings. The van der Waals surface area contributed by atoms with Crippen molar-refractivity contribution in [3.8, 4) is 5.75 Å². The molecule has 92 valence electrons. The third kappa shape index (κ3) is 2.66. The lowest BCUT2D eigenvalue weighted by Gasteiger charge is -2.00. The van der Waals surface area contributed by atoms with Crippen molar-refractivity contribution >= 4 is 11.9 Å². The zero-order valence-corrected chi connectivity index (χ0v) is 10.2. The molecule has 0 saturated carbocycles. The Morgan fingerprint density at radius 3 is 2.72 bits per heavy atom. The van der Waals surface area contributed by atoms with Crippen molar-refractivity contribution in [3.05, 3.63) is 52.9 Å². The van der Waals surface area contributed by atoms with Crippen LogP contribution in [0.5, 0.6) is 5.75 Å². The van der Waals surface area contributed by atoms with Gasteiger partial charge in [0.15, 0.2) is 5.78 Å². The number of hydrogen-bond acceptors (Lipinski definition) is 4. The number of nitrogens with zero attached hydrogens (tertiary/aromatic N) is 1. The van der Waals surface area contributed by atoms with Crippen LogP contribution in [0.3, 0.4) is 0 Å². The predicted molar refractivity (Wildman–Crippen MR) is 67.4 cm³/mol. The molecular formula is C14H13NO3. The minimum Gasteiger partial charge on any atom is -0.508 e. The van der Waals surface area contributed by atoms with E-state index in [9.17, 15) is 9.90 Å². The number of rotatable bonds is 3.